The van der Waals surface area contributed by atoms with E-state index in [0.717, 1.165) is 4.90 Å². The van der Waals surface area contributed by atoms with Gasteiger partial charge in [-0.25, -0.2) is 9.69 Å². The smallest absolute Gasteiger partial charge is 0.355 e. The number of hydrogen-bond acceptors (Lipinski definition) is 8. The van der Waals surface area contributed by atoms with E-state index in [2.05, 4.69) is 5.10 Å². The number of esters is 1. The maximum absolute atomic E-state index is 13.5. The van der Waals surface area contributed by atoms with Gasteiger partial charge in [0.05, 0.1) is 25.4 Å². The molecule has 2 aliphatic rings. The summed E-state index contributed by atoms with van der Waals surface area (Å²) in [5.74, 6) is -2.32. The van der Waals surface area contributed by atoms with Gasteiger partial charge in [-0.1, -0.05) is 13.8 Å². The average Bonchev–Trinajstić information content (AvgIpc) is 3.30. The number of fused-ring (bicyclic) bond motifs is 1. The Morgan fingerprint density at radius 3 is 2.26 bits per heavy atom. The van der Waals surface area contributed by atoms with E-state index in [1.807, 2.05) is 13.8 Å². The summed E-state index contributed by atoms with van der Waals surface area (Å²) in [6, 6.07) is 5.49. The van der Waals surface area contributed by atoms with E-state index in [1.165, 1.54) is 19.2 Å². The molecule has 3 unspecified atom stereocenters. The molecule has 1 fully saturated rings. The van der Waals surface area contributed by atoms with Gasteiger partial charge in [0, 0.05) is 12.8 Å². The highest BCUT2D eigenvalue weighted by molar-refractivity contribution is 6.46. The van der Waals surface area contributed by atoms with Crippen LogP contribution in [0.5, 0.6) is 5.75 Å². The van der Waals surface area contributed by atoms with Gasteiger partial charge < -0.3 is 9.47 Å². The van der Waals surface area contributed by atoms with Crippen LogP contribution in [0.25, 0.3) is 0 Å². The average molecular weight is 429 g/mol. The van der Waals surface area contributed by atoms with Gasteiger partial charge in [-0.2, -0.15) is 5.10 Å². The lowest BCUT2D eigenvalue weighted by atomic mass is 9.87. The summed E-state index contributed by atoms with van der Waals surface area (Å²) in [4.78, 5) is 52.5. The molecule has 0 N–H and O–H groups in total. The molecule has 2 heterocycles. The summed E-state index contributed by atoms with van der Waals surface area (Å²) >= 11 is 0. The minimum Gasteiger partial charge on any atom is -0.497 e. The molecular formula is C22H27N3O6. The number of hydrogen-bond donors (Lipinski definition) is 0. The van der Waals surface area contributed by atoms with Gasteiger partial charge in [0.25, 0.3) is 5.91 Å². The molecule has 3 atom stereocenters. The van der Waals surface area contributed by atoms with Crippen molar-refractivity contribution in [3.63, 3.8) is 0 Å². The predicted molar refractivity (Wildman–Crippen MR) is 113 cm³/mol. The van der Waals surface area contributed by atoms with Gasteiger partial charge in [0.2, 0.25) is 5.91 Å². The zero-order valence-corrected chi connectivity index (χ0v) is 18.4. The lowest BCUT2D eigenvalue weighted by Gasteiger charge is -2.39. The number of nitrogens with zero attached hydrogens (tertiary/aromatic N) is 3. The molecular weight excluding hydrogens is 402 g/mol. The molecule has 0 aromatic heterocycles. The predicted octanol–water partition coefficient (Wildman–Crippen LogP) is 1.94. The highest BCUT2D eigenvalue weighted by atomic mass is 16.5. The standard InChI is InChI=1S/C22H27N3O6/c1-6-14(26)12-22(3,7-2)25-18-16(17(23-25)21(29)31-5)19(27)24(20(18)28)13-8-10-15(30-4)11-9-13/h8-11,16,18H,6-7,12H2,1-5H3. The normalized spacial score (nSPS) is 22.2. The fraction of sp³-hybridized carbons (Fsp3) is 0.500. The number of anilines is 1. The van der Waals surface area contributed by atoms with Crippen LogP contribution in [0, 0.1) is 5.92 Å². The Hall–Kier alpha value is -3.23. The Bertz CT molecular complexity index is 941. The van der Waals surface area contributed by atoms with E-state index in [1.54, 1.807) is 31.2 Å². The first kappa shape index (κ1) is 22.5. The van der Waals surface area contributed by atoms with Crippen molar-refractivity contribution in [2.45, 2.75) is 51.6 Å². The van der Waals surface area contributed by atoms with Gasteiger partial charge in [0.1, 0.15) is 23.5 Å². The van der Waals surface area contributed by atoms with E-state index >= 15 is 0 Å². The third-order valence-electron chi connectivity index (χ3n) is 6.06. The summed E-state index contributed by atoms with van der Waals surface area (Å²) in [6.07, 6.45) is 0.977. The Balaban J connectivity index is 2.06. The second-order valence-corrected chi connectivity index (χ2v) is 7.87. The Kier molecular flexibility index (Phi) is 6.15. The maximum atomic E-state index is 13.5. The first-order valence-electron chi connectivity index (χ1n) is 10.2. The molecule has 0 radical (unpaired) electrons. The fourth-order valence-electron chi connectivity index (χ4n) is 4.04. The first-order valence-corrected chi connectivity index (χ1v) is 10.2. The third kappa shape index (κ3) is 3.68. The number of rotatable bonds is 8. The Morgan fingerprint density at radius 1 is 1.10 bits per heavy atom. The van der Waals surface area contributed by atoms with Crippen LogP contribution in [0.3, 0.4) is 0 Å². The molecule has 1 aromatic rings. The van der Waals surface area contributed by atoms with Crippen LogP contribution in [-0.4, -0.2) is 60.1 Å². The number of benzene rings is 1. The molecule has 9 heteroatoms. The summed E-state index contributed by atoms with van der Waals surface area (Å²) < 4.78 is 9.97. The number of carbonyl (C=O) groups excluding carboxylic acids is 4. The molecule has 0 bridgehead atoms. The quantitative estimate of drug-likeness (QED) is 0.459. The molecule has 0 aliphatic carbocycles. The van der Waals surface area contributed by atoms with Gasteiger partial charge in [-0.15, -0.1) is 0 Å². The Labute approximate surface area is 181 Å². The van der Waals surface area contributed by atoms with Crippen LogP contribution in [0.2, 0.25) is 0 Å². The molecule has 3 rings (SSSR count). The van der Waals surface area contributed by atoms with E-state index < -0.39 is 35.3 Å². The number of hydrazone groups is 1. The van der Waals surface area contributed by atoms with Crippen molar-refractivity contribution in [3.8, 4) is 5.75 Å². The Morgan fingerprint density at radius 2 is 1.74 bits per heavy atom. The number of amides is 2. The third-order valence-corrected chi connectivity index (χ3v) is 6.06. The minimum absolute atomic E-state index is 0.00593. The first-order chi connectivity index (χ1) is 14.7. The number of carbonyl (C=O) groups is 4. The monoisotopic (exact) mass is 429 g/mol. The SMILES string of the molecule is CCC(=O)CC(C)(CC)N1N=C(C(=O)OC)C2C(=O)N(c3ccc(OC)cc3)C(=O)C21. The highest BCUT2D eigenvalue weighted by Gasteiger charge is 2.61. The van der Waals surface area contributed by atoms with Crippen LogP contribution >= 0.6 is 0 Å². The van der Waals surface area contributed by atoms with Crippen LogP contribution in [0.15, 0.2) is 29.4 Å². The number of ketones is 1. The van der Waals surface area contributed by atoms with Gasteiger partial charge in [-0.05, 0) is 37.6 Å². The van der Waals surface area contributed by atoms with Crippen LogP contribution in [0.4, 0.5) is 5.69 Å². The van der Waals surface area contributed by atoms with Gasteiger partial charge in [0.15, 0.2) is 5.71 Å². The van der Waals surface area contributed by atoms with Crippen molar-refractivity contribution in [1.82, 2.24) is 5.01 Å². The second-order valence-electron chi connectivity index (χ2n) is 7.87. The lowest BCUT2D eigenvalue weighted by molar-refractivity contribution is -0.133. The molecule has 9 nitrogen and oxygen atoms in total. The topological polar surface area (TPSA) is 106 Å². The molecule has 166 valence electrons. The van der Waals surface area contributed by atoms with E-state index in [0.29, 0.717) is 24.3 Å². The summed E-state index contributed by atoms with van der Waals surface area (Å²) in [5.41, 5.74) is -0.583. The molecule has 2 aliphatic heterocycles. The molecule has 1 aromatic carbocycles. The molecule has 2 amide bonds. The lowest BCUT2D eigenvalue weighted by Crippen LogP contribution is -2.51. The number of Topliss-reactive ketones (excluding diaryl/α,β-unsaturated/α-hetero) is 1. The number of methoxy groups -OCH3 is 2. The fourth-order valence-corrected chi connectivity index (χ4v) is 4.04. The van der Waals surface area contributed by atoms with Gasteiger partial charge >= 0.3 is 5.97 Å². The van der Waals surface area contributed by atoms with E-state index in [9.17, 15) is 19.2 Å². The maximum Gasteiger partial charge on any atom is 0.355 e. The molecule has 31 heavy (non-hydrogen) atoms. The summed E-state index contributed by atoms with van der Waals surface area (Å²) in [6.45, 7) is 5.46. The van der Waals surface area contributed by atoms with Gasteiger partial charge in [-0.3, -0.25) is 19.4 Å². The molecule has 0 spiro atoms. The zero-order valence-electron chi connectivity index (χ0n) is 18.4. The van der Waals surface area contributed by atoms with E-state index in [4.69, 9.17) is 9.47 Å². The highest BCUT2D eigenvalue weighted by Crippen LogP contribution is 2.41. The zero-order chi connectivity index (χ0) is 22.9. The van der Waals surface area contributed by atoms with Crippen molar-refractivity contribution in [2.24, 2.45) is 11.0 Å². The number of ether oxygens (including phenoxy) is 2. The summed E-state index contributed by atoms with van der Waals surface area (Å²) in [7, 11) is 2.72. The molecule has 0 saturated carbocycles. The second kappa shape index (κ2) is 8.49. The van der Waals surface area contributed by atoms with Crippen molar-refractivity contribution in [1.29, 1.82) is 0 Å². The van der Waals surface area contributed by atoms with Crippen molar-refractivity contribution < 1.29 is 28.7 Å². The molecule has 1 saturated heterocycles. The van der Waals surface area contributed by atoms with Crippen LogP contribution in [0.1, 0.15) is 40.0 Å². The van der Waals surface area contributed by atoms with Crippen molar-refractivity contribution in [3.05, 3.63) is 24.3 Å². The van der Waals surface area contributed by atoms with Crippen molar-refractivity contribution >= 4 is 35.0 Å². The van der Waals surface area contributed by atoms with Crippen LogP contribution in [-0.2, 0) is 23.9 Å². The largest absolute Gasteiger partial charge is 0.497 e. The summed E-state index contributed by atoms with van der Waals surface area (Å²) in [5, 5.41) is 5.84. The minimum atomic E-state index is -1.09. The van der Waals surface area contributed by atoms with Crippen LogP contribution < -0.4 is 9.64 Å². The van der Waals surface area contributed by atoms with E-state index in [-0.39, 0.29) is 17.9 Å². The number of imide groups is 1. The van der Waals surface area contributed by atoms with Crippen molar-refractivity contribution in [2.75, 3.05) is 19.1 Å².